The average Bonchev–Trinajstić information content (AvgIpc) is 3.49. The zero-order valence-corrected chi connectivity index (χ0v) is 19.9. The van der Waals surface area contributed by atoms with Gasteiger partial charge in [0, 0.05) is 31.1 Å². The monoisotopic (exact) mass is 507 g/mol. The van der Waals surface area contributed by atoms with Gasteiger partial charge in [0.05, 0.1) is 25.0 Å². The molecular formula is C21H29N7O6S. The summed E-state index contributed by atoms with van der Waals surface area (Å²) < 4.78 is 0. The number of ketones is 1. The smallest absolute Gasteiger partial charge is 0.303 e. The number of hydrogen-bond acceptors (Lipinski definition) is 8. The predicted molar refractivity (Wildman–Crippen MR) is 125 cm³/mol. The molecular weight excluding hydrogens is 478 g/mol. The maximum absolute atomic E-state index is 13.2. The maximum Gasteiger partial charge on any atom is 0.303 e. The Morgan fingerprint density at radius 2 is 2.03 bits per heavy atom. The first kappa shape index (κ1) is 26.1. The summed E-state index contributed by atoms with van der Waals surface area (Å²) in [6.45, 7) is 0.328. The number of carboxylic acid groups (broad SMARTS) is 1. The number of aromatic nitrogens is 1. The summed E-state index contributed by atoms with van der Waals surface area (Å²) in [4.78, 5) is 72.8. The molecule has 2 aliphatic heterocycles. The van der Waals surface area contributed by atoms with Crippen LogP contribution in [0, 0.1) is 0 Å². The number of carboxylic acids is 1. The van der Waals surface area contributed by atoms with Crippen LogP contribution in [0.15, 0.2) is 16.6 Å². The van der Waals surface area contributed by atoms with Crippen molar-refractivity contribution in [3.05, 3.63) is 16.6 Å². The van der Waals surface area contributed by atoms with Gasteiger partial charge in [-0.15, -0.1) is 11.3 Å². The Morgan fingerprint density at radius 1 is 1.26 bits per heavy atom. The molecule has 0 saturated carbocycles. The number of thiazole rings is 1. The minimum Gasteiger partial charge on any atom is -0.481 e. The van der Waals surface area contributed by atoms with Crippen molar-refractivity contribution in [1.82, 2.24) is 20.1 Å². The second-order valence-electron chi connectivity index (χ2n) is 8.43. The van der Waals surface area contributed by atoms with Crippen molar-refractivity contribution in [1.29, 1.82) is 0 Å². The molecule has 2 aliphatic rings. The van der Waals surface area contributed by atoms with Crippen LogP contribution in [0.25, 0.3) is 0 Å². The highest BCUT2D eigenvalue weighted by molar-refractivity contribution is 7.11. The minimum atomic E-state index is -1.08. The van der Waals surface area contributed by atoms with Crippen molar-refractivity contribution in [3.8, 4) is 0 Å². The van der Waals surface area contributed by atoms with Gasteiger partial charge in [-0.2, -0.15) is 0 Å². The number of Topliss-reactive ketones (excluding diaryl/α,β-unsaturated/α-hetero) is 1. The van der Waals surface area contributed by atoms with Crippen LogP contribution in [0.5, 0.6) is 0 Å². The summed E-state index contributed by atoms with van der Waals surface area (Å²) in [5.74, 6) is -2.69. The molecule has 6 N–H and O–H groups in total. The third-order valence-corrected chi connectivity index (χ3v) is 6.76. The molecule has 190 valence electrons. The summed E-state index contributed by atoms with van der Waals surface area (Å²) in [7, 11) is 0. The van der Waals surface area contributed by atoms with E-state index < -0.39 is 29.9 Å². The zero-order valence-electron chi connectivity index (χ0n) is 19.1. The zero-order chi connectivity index (χ0) is 25.5. The van der Waals surface area contributed by atoms with E-state index in [1.165, 1.54) is 27.3 Å². The SMILES string of the molecule is NC(N)=NCCCC(NC(=O)C1CC[C@H]2CN(C(=O)CCC(=O)O)CC(=O)N12)C(=O)c1nccs1. The normalized spacial score (nSPS) is 20.2. The van der Waals surface area contributed by atoms with Gasteiger partial charge in [-0.3, -0.25) is 29.0 Å². The van der Waals surface area contributed by atoms with Crippen molar-refractivity contribution >= 4 is 46.8 Å². The van der Waals surface area contributed by atoms with E-state index in [0.717, 1.165) is 0 Å². The molecule has 3 heterocycles. The number of rotatable bonds is 11. The summed E-state index contributed by atoms with van der Waals surface area (Å²) in [5.41, 5.74) is 10.7. The van der Waals surface area contributed by atoms with E-state index in [4.69, 9.17) is 16.6 Å². The van der Waals surface area contributed by atoms with Gasteiger partial charge in [-0.05, 0) is 25.7 Å². The number of hydrogen-bond donors (Lipinski definition) is 4. The molecule has 3 amide bonds. The number of piperazine rings is 1. The van der Waals surface area contributed by atoms with Crippen molar-refractivity contribution in [2.75, 3.05) is 19.6 Å². The Kier molecular flexibility index (Phi) is 8.73. The number of nitrogens with zero attached hydrogens (tertiary/aromatic N) is 4. The van der Waals surface area contributed by atoms with E-state index in [2.05, 4.69) is 15.3 Å². The van der Waals surface area contributed by atoms with Gasteiger partial charge >= 0.3 is 5.97 Å². The Bertz CT molecular complexity index is 994. The van der Waals surface area contributed by atoms with Gasteiger partial charge in [0.1, 0.15) is 6.04 Å². The molecule has 1 aromatic rings. The maximum atomic E-state index is 13.2. The molecule has 14 heteroatoms. The number of aliphatic carboxylic acids is 1. The fourth-order valence-electron chi connectivity index (χ4n) is 4.36. The van der Waals surface area contributed by atoms with Crippen LogP contribution in [0.3, 0.4) is 0 Å². The Labute approximate surface area is 205 Å². The van der Waals surface area contributed by atoms with Crippen LogP contribution in [-0.4, -0.2) is 93.1 Å². The van der Waals surface area contributed by atoms with Crippen LogP contribution in [0.1, 0.15) is 48.3 Å². The lowest BCUT2D eigenvalue weighted by atomic mass is 10.1. The molecule has 0 aromatic carbocycles. The number of carbonyl (C=O) groups is 5. The van der Waals surface area contributed by atoms with Gasteiger partial charge in [-0.25, -0.2) is 4.98 Å². The average molecular weight is 508 g/mol. The van der Waals surface area contributed by atoms with Crippen LogP contribution in [0.2, 0.25) is 0 Å². The summed E-state index contributed by atoms with van der Waals surface area (Å²) in [6, 6.07) is -1.94. The number of nitrogens with two attached hydrogens (primary N) is 2. The van der Waals surface area contributed by atoms with E-state index in [-0.39, 0.29) is 61.1 Å². The Balaban J connectivity index is 1.64. The lowest BCUT2D eigenvalue weighted by Crippen LogP contribution is -2.60. The topological polar surface area (TPSA) is 201 Å². The number of carbonyl (C=O) groups excluding carboxylic acids is 4. The molecule has 0 radical (unpaired) electrons. The van der Waals surface area contributed by atoms with Gasteiger partial charge < -0.3 is 31.7 Å². The van der Waals surface area contributed by atoms with Crippen LogP contribution in [0.4, 0.5) is 0 Å². The molecule has 0 bridgehead atoms. The van der Waals surface area contributed by atoms with Crippen molar-refractivity contribution in [2.24, 2.45) is 16.5 Å². The first-order valence-electron chi connectivity index (χ1n) is 11.3. The Morgan fingerprint density at radius 3 is 2.69 bits per heavy atom. The molecule has 1 aromatic heterocycles. The predicted octanol–water partition coefficient (Wildman–Crippen LogP) is -1.07. The fourth-order valence-corrected chi connectivity index (χ4v) is 4.99. The second kappa shape index (κ2) is 11.7. The molecule has 0 aliphatic carbocycles. The van der Waals surface area contributed by atoms with E-state index in [1.807, 2.05) is 0 Å². The van der Waals surface area contributed by atoms with Crippen molar-refractivity contribution < 1.29 is 29.1 Å². The van der Waals surface area contributed by atoms with E-state index >= 15 is 0 Å². The van der Waals surface area contributed by atoms with Crippen LogP contribution < -0.4 is 16.8 Å². The summed E-state index contributed by atoms with van der Waals surface area (Å²) in [5, 5.41) is 13.5. The minimum absolute atomic E-state index is 0.0621. The largest absolute Gasteiger partial charge is 0.481 e. The molecule has 2 unspecified atom stereocenters. The standard InChI is InChI=1S/C21H29N7O6S/c22-21(23)25-7-1-2-13(18(33)20-24-8-9-35-20)26-19(34)14-4-3-12-10-27(11-16(30)28(12)14)15(29)5-6-17(31)32/h8-9,12-14H,1-7,10-11H2,(H,26,34)(H,31,32)(H4,22,23,25)/t12-,13?,14?/m0/s1. The van der Waals surface area contributed by atoms with Gasteiger partial charge in [0.25, 0.3) is 0 Å². The second-order valence-corrected chi connectivity index (χ2v) is 9.32. The van der Waals surface area contributed by atoms with E-state index in [0.29, 0.717) is 25.8 Å². The van der Waals surface area contributed by atoms with E-state index in [1.54, 1.807) is 5.38 Å². The highest BCUT2D eigenvalue weighted by atomic mass is 32.1. The summed E-state index contributed by atoms with van der Waals surface area (Å²) in [6.07, 6.45) is 2.67. The van der Waals surface area contributed by atoms with Gasteiger partial charge in [0.2, 0.25) is 23.5 Å². The molecule has 3 rings (SSSR count). The lowest BCUT2D eigenvalue weighted by molar-refractivity contribution is -0.151. The first-order valence-corrected chi connectivity index (χ1v) is 12.2. The third-order valence-electron chi connectivity index (χ3n) is 5.98. The number of amides is 3. The van der Waals surface area contributed by atoms with Gasteiger partial charge in [0.15, 0.2) is 11.0 Å². The first-order chi connectivity index (χ1) is 16.7. The quantitative estimate of drug-likeness (QED) is 0.124. The number of fused-ring (bicyclic) bond motifs is 1. The number of nitrogens with one attached hydrogen (secondary N) is 1. The highest BCUT2D eigenvalue weighted by Gasteiger charge is 2.46. The molecule has 13 nitrogen and oxygen atoms in total. The van der Waals surface area contributed by atoms with Gasteiger partial charge in [-0.1, -0.05) is 0 Å². The van der Waals surface area contributed by atoms with Crippen molar-refractivity contribution in [3.63, 3.8) is 0 Å². The third kappa shape index (κ3) is 6.74. The number of guanidine groups is 1. The lowest BCUT2D eigenvalue weighted by Gasteiger charge is -2.39. The molecule has 2 saturated heterocycles. The number of aliphatic imine (C=N–C) groups is 1. The molecule has 35 heavy (non-hydrogen) atoms. The summed E-state index contributed by atoms with van der Waals surface area (Å²) >= 11 is 1.17. The molecule has 0 spiro atoms. The molecule has 2 fully saturated rings. The van der Waals surface area contributed by atoms with E-state index in [9.17, 15) is 24.0 Å². The molecule has 3 atom stereocenters. The fraction of sp³-hybridized carbons (Fsp3) is 0.571. The highest BCUT2D eigenvalue weighted by Crippen LogP contribution is 2.29. The van der Waals surface area contributed by atoms with Crippen LogP contribution in [-0.2, 0) is 19.2 Å². The Hall–Kier alpha value is -3.55. The van der Waals surface area contributed by atoms with Crippen LogP contribution >= 0.6 is 11.3 Å². The van der Waals surface area contributed by atoms with Crippen molar-refractivity contribution in [2.45, 2.75) is 56.7 Å².